The summed E-state index contributed by atoms with van der Waals surface area (Å²) in [7, 11) is -3.54. The lowest BCUT2D eigenvalue weighted by Gasteiger charge is -2.25. The Morgan fingerprint density at radius 3 is 2.84 bits per heavy atom. The number of hydrogen-bond donors (Lipinski definition) is 1. The van der Waals surface area contributed by atoms with Crippen LogP contribution in [0.2, 0.25) is 0 Å². The van der Waals surface area contributed by atoms with Crippen LogP contribution in [0.4, 0.5) is 0 Å². The van der Waals surface area contributed by atoms with E-state index in [1.165, 1.54) is 0 Å². The van der Waals surface area contributed by atoms with Crippen LogP contribution >= 0.6 is 7.60 Å². The minimum Gasteiger partial charge on any atom is -0.429 e. The standard InChI is InChI=1S/C15H21O3P/c16-19(17,15-11-12-8-9-13(15)10-12)18-14-6-4-2-1-3-5-7-14/h2,4,7-9,12-13,15H,1,3,5-6,10-11H2,(H,16,17). The van der Waals surface area contributed by atoms with E-state index in [4.69, 9.17) is 4.52 Å². The molecule has 4 unspecified atom stereocenters. The van der Waals surface area contributed by atoms with E-state index in [-0.39, 0.29) is 11.6 Å². The lowest BCUT2D eigenvalue weighted by atomic mass is 10.1. The molecule has 0 radical (unpaired) electrons. The Bertz CT molecular complexity index is 478. The fourth-order valence-electron chi connectivity index (χ4n) is 3.34. The first-order valence-electron chi connectivity index (χ1n) is 7.19. The zero-order valence-electron chi connectivity index (χ0n) is 11.1. The SMILES string of the molecule is O=P(O)(OC1=CCCCC=CC1)C1CC2C=CC1C2. The van der Waals surface area contributed by atoms with Gasteiger partial charge in [0, 0.05) is 6.42 Å². The van der Waals surface area contributed by atoms with Gasteiger partial charge in [0.05, 0.1) is 5.66 Å². The smallest absolute Gasteiger partial charge is 0.379 e. The van der Waals surface area contributed by atoms with Crippen molar-refractivity contribution in [1.29, 1.82) is 0 Å². The van der Waals surface area contributed by atoms with Crippen molar-refractivity contribution in [1.82, 2.24) is 0 Å². The number of rotatable bonds is 3. The van der Waals surface area contributed by atoms with Gasteiger partial charge in [0.15, 0.2) is 0 Å². The van der Waals surface area contributed by atoms with Crippen LogP contribution < -0.4 is 0 Å². The molecule has 0 aromatic rings. The fraction of sp³-hybridized carbons (Fsp3) is 0.600. The summed E-state index contributed by atoms with van der Waals surface area (Å²) in [5.74, 6) is 1.41. The summed E-state index contributed by atoms with van der Waals surface area (Å²) >= 11 is 0. The monoisotopic (exact) mass is 280 g/mol. The molecule has 2 bridgehead atoms. The van der Waals surface area contributed by atoms with Crippen molar-refractivity contribution in [3.63, 3.8) is 0 Å². The molecule has 104 valence electrons. The largest absolute Gasteiger partial charge is 0.429 e. The molecule has 0 spiro atoms. The Hall–Kier alpha value is -0.790. The molecule has 0 saturated heterocycles. The molecule has 3 aliphatic rings. The van der Waals surface area contributed by atoms with Crippen LogP contribution in [0, 0.1) is 11.8 Å². The third-order valence-electron chi connectivity index (χ3n) is 4.34. The van der Waals surface area contributed by atoms with Crippen LogP contribution in [-0.4, -0.2) is 10.6 Å². The Morgan fingerprint density at radius 1 is 1.21 bits per heavy atom. The van der Waals surface area contributed by atoms with Gasteiger partial charge in [-0.3, -0.25) is 0 Å². The molecule has 0 aromatic carbocycles. The average Bonchev–Trinajstić information content (AvgIpc) is 2.94. The molecular formula is C15H21O3P. The maximum absolute atomic E-state index is 12.5. The second-order valence-corrected chi connectivity index (χ2v) is 7.75. The molecule has 3 rings (SSSR count). The minimum absolute atomic E-state index is 0.196. The van der Waals surface area contributed by atoms with Gasteiger partial charge in [0.2, 0.25) is 0 Å². The van der Waals surface area contributed by atoms with Crippen molar-refractivity contribution in [2.24, 2.45) is 11.8 Å². The van der Waals surface area contributed by atoms with Gasteiger partial charge < -0.3 is 9.42 Å². The predicted octanol–water partition coefficient (Wildman–Crippen LogP) is 4.17. The molecular weight excluding hydrogens is 259 g/mol. The zero-order chi connectivity index (χ0) is 13.3. The maximum atomic E-state index is 12.5. The van der Waals surface area contributed by atoms with E-state index in [1.807, 2.05) is 12.2 Å². The van der Waals surface area contributed by atoms with E-state index in [0.717, 1.165) is 32.1 Å². The zero-order valence-corrected chi connectivity index (χ0v) is 12.0. The third-order valence-corrected chi connectivity index (χ3v) is 6.27. The molecule has 0 heterocycles. The van der Waals surface area contributed by atoms with Crippen molar-refractivity contribution >= 4 is 7.60 Å². The topological polar surface area (TPSA) is 46.5 Å². The van der Waals surface area contributed by atoms with E-state index in [9.17, 15) is 9.46 Å². The summed E-state index contributed by atoms with van der Waals surface area (Å²) in [5, 5.41) is 0. The summed E-state index contributed by atoms with van der Waals surface area (Å²) in [6, 6.07) is 0. The van der Waals surface area contributed by atoms with Crippen molar-refractivity contribution < 1.29 is 14.0 Å². The van der Waals surface area contributed by atoms with E-state index in [1.54, 1.807) is 0 Å². The average molecular weight is 280 g/mol. The van der Waals surface area contributed by atoms with E-state index in [2.05, 4.69) is 18.2 Å². The summed E-state index contributed by atoms with van der Waals surface area (Å²) in [5.41, 5.74) is -0.196. The second-order valence-electron chi connectivity index (χ2n) is 5.78. The second kappa shape index (κ2) is 5.30. The molecule has 19 heavy (non-hydrogen) atoms. The first-order chi connectivity index (χ1) is 9.15. The molecule has 0 aliphatic heterocycles. The molecule has 3 nitrogen and oxygen atoms in total. The molecule has 1 saturated carbocycles. The van der Waals surface area contributed by atoms with Gasteiger partial charge in [0.1, 0.15) is 5.76 Å². The van der Waals surface area contributed by atoms with E-state index in [0.29, 0.717) is 18.1 Å². The molecule has 4 heteroatoms. The van der Waals surface area contributed by atoms with Gasteiger partial charge in [-0.1, -0.05) is 24.3 Å². The van der Waals surface area contributed by atoms with Gasteiger partial charge in [-0.15, -0.1) is 0 Å². The van der Waals surface area contributed by atoms with Crippen LogP contribution in [0.15, 0.2) is 36.1 Å². The lowest BCUT2D eigenvalue weighted by molar-refractivity contribution is 0.300. The van der Waals surface area contributed by atoms with Gasteiger partial charge in [-0.05, 0) is 50.0 Å². The van der Waals surface area contributed by atoms with Gasteiger partial charge in [-0.2, -0.15) is 0 Å². The maximum Gasteiger partial charge on any atom is 0.379 e. The Kier molecular flexibility index (Phi) is 3.68. The summed E-state index contributed by atoms with van der Waals surface area (Å²) in [4.78, 5) is 10.3. The Labute approximate surface area is 114 Å². The van der Waals surface area contributed by atoms with Crippen LogP contribution in [-0.2, 0) is 9.09 Å². The number of hydrogen-bond acceptors (Lipinski definition) is 2. The van der Waals surface area contributed by atoms with Crippen molar-refractivity contribution in [3.8, 4) is 0 Å². The van der Waals surface area contributed by atoms with Crippen LogP contribution in [0.5, 0.6) is 0 Å². The van der Waals surface area contributed by atoms with Gasteiger partial charge in [-0.25, -0.2) is 4.57 Å². The molecule has 3 aliphatic carbocycles. The molecule has 0 amide bonds. The first kappa shape index (κ1) is 13.2. The Balaban J connectivity index is 1.69. The molecule has 4 atom stereocenters. The highest BCUT2D eigenvalue weighted by molar-refractivity contribution is 7.53. The minimum atomic E-state index is -3.54. The van der Waals surface area contributed by atoms with Crippen molar-refractivity contribution in [2.75, 3.05) is 0 Å². The predicted molar refractivity (Wildman–Crippen MR) is 75.7 cm³/mol. The summed E-state index contributed by atoms with van der Waals surface area (Å²) in [6.45, 7) is 0. The van der Waals surface area contributed by atoms with Gasteiger partial charge in [0.25, 0.3) is 0 Å². The molecule has 1 N–H and O–H groups in total. The van der Waals surface area contributed by atoms with Crippen LogP contribution in [0.3, 0.4) is 0 Å². The highest BCUT2D eigenvalue weighted by Crippen LogP contribution is 2.61. The molecule has 1 fully saturated rings. The van der Waals surface area contributed by atoms with E-state index >= 15 is 0 Å². The number of fused-ring (bicyclic) bond motifs is 2. The lowest BCUT2D eigenvalue weighted by Crippen LogP contribution is -2.15. The Morgan fingerprint density at radius 2 is 2.11 bits per heavy atom. The van der Waals surface area contributed by atoms with Crippen molar-refractivity contribution in [3.05, 3.63) is 36.1 Å². The van der Waals surface area contributed by atoms with Gasteiger partial charge >= 0.3 is 7.60 Å². The van der Waals surface area contributed by atoms with Crippen LogP contribution in [0.25, 0.3) is 0 Å². The summed E-state index contributed by atoms with van der Waals surface area (Å²) in [6.07, 6.45) is 16.0. The highest BCUT2D eigenvalue weighted by atomic mass is 31.2. The van der Waals surface area contributed by atoms with E-state index < -0.39 is 7.60 Å². The fourth-order valence-corrected chi connectivity index (χ4v) is 5.20. The summed E-state index contributed by atoms with van der Waals surface area (Å²) < 4.78 is 18.0. The number of allylic oxidation sites excluding steroid dienone is 5. The molecule has 0 aromatic heterocycles. The van der Waals surface area contributed by atoms with Crippen molar-refractivity contribution in [2.45, 2.75) is 44.2 Å². The normalized spacial score (nSPS) is 36.5. The highest BCUT2D eigenvalue weighted by Gasteiger charge is 2.47. The first-order valence-corrected chi connectivity index (χ1v) is 8.84. The third kappa shape index (κ3) is 2.88. The quantitative estimate of drug-likeness (QED) is 0.623. The van der Waals surface area contributed by atoms with Crippen LogP contribution in [0.1, 0.15) is 38.5 Å².